The third-order valence-electron chi connectivity index (χ3n) is 4.79. The quantitative estimate of drug-likeness (QED) is 0.510. The van der Waals surface area contributed by atoms with E-state index in [0.29, 0.717) is 16.8 Å². The van der Waals surface area contributed by atoms with E-state index in [-0.39, 0.29) is 15.5 Å². The Hall–Kier alpha value is -3.04. The molecule has 31 heavy (non-hydrogen) atoms. The Morgan fingerprint density at radius 3 is 1.94 bits per heavy atom. The van der Waals surface area contributed by atoms with Gasteiger partial charge in [-0.25, -0.2) is 16.8 Å². The minimum absolute atomic E-state index is 0.0933. The highest BCUT2D eigenvalue weighted by Crippen LogP contribution is 2.29. The van der Waals surface area contributed by atoms with E-state index in [1.165, 1.54) is 30.3 Å². The summed E-state index contributed by atoms with van der Waals surface area (Å²) >= 11 is 0. The minimum Gasteiger partial charge on any atom is -0.507 e. The van der Waals surface area contributed by atoms with Gasteiger partial charge in [-0.1, -0.05) is 29.8 Å². The van der Waals surface area contributed by atoms with E-state index in [4.69, 9.17) is 0 Å². The molecule has 3 N–H and O–H groups in total. The fraction of sp³-hybridized carbons (Fsp3) is 0.182. The zero-order valence-electron chi connectivity index (χ0n) is 17.6. The van der Waals surface area contributed by atoms with E-state index >= 15 is 0 Å². The zero-order valence-corrected chi connectivity index (χ0v) is 19.2. The van der Waals surface area contributed by atoms with Gasteiger partial charge in [-0.05, 0) is 74.7 Å². The van der Waals surface area contributed by atoms with Gasteiger partial charge in [0.1, 0.15) is 10.6 Å². The van der Waals surface area contributed by atoms with Crippen molar-refractivity contribution in [1.82, 2.24) is 0 Å². The Kier molecular flexibility index (Phi) is 6.02. The number of hydrogen-bond donors (Lipinski definition) is 3. The molecule has 3 rings (SSSR count). The summed E-state index contributed by atoms with van der Waals surface area (Å²) in [6.07, 6.45) is 0. The molecule has 3 aromatic carbocycles. The van der Waals surface area contributed by atoms with Gasteiger partial charge < -0.3 is 5.11 Å². The van der Waals surface area contributed by atoms with Crippen LogP contribution in [-0.2, 0) is 20.0 Å². The molecule has 0 saturated heterocycles. The van der Waals surface area contributed by atoms with Crippen LogP contribution in [0.1, 0.15) is 22.3 Å². The molecule has 0 spiro atoms. The summed E-state index contributed by atoms with van der Waals surface area (Å²) in [4.78, 5) is -0.377. The van der Waals surface area contributed by atoms with Gasteiger partial charge in [0, 0.05) is 0 Å². The lowest BCUT2D eigenvalue weighted by Gasteiger charge is -2.15. The van der Waals surface area contributed by atoms with Gasteiger partial charge >= 0.3 is 0 Å². The molecule has 0 amide bonds. The number of hydrogen-bond acceptors (Lipinski definition) is 5. The molecule has 0 heterocycles. The number of anilines is 2. The molecule has 0 aliphatic rings. The molecular formula is C22H24N2O5S2. The topological polar surface area (TPSA) is 113 Å². The molecule has 0 fully saturated rings. The Morgan fingerprint density at radius 2 is 1.26 bits per heavy atom. The lowest BCUT2D eigenvalue weighted by Crippen LogP contribution is -2.17. The van der Waals surface area contributed by atoms with Gasteiger partial charge in [-0.3, -0.25) is 9.44 Å². The summed E-state index contributed by atoms with van der Waals surface area (Å²) in [5.74, 6) is -0.393. The molecule has 0 bridgehead atoms. The number of rotatable bonds is 6. The number of aryl methyl sites for hydroxylation is 4. The highest BCUT2D eigenvalue weighted by atomic mass is 32.2. The summed E-state index contributed by atoms with van der Waals surface area (Å²) in [6, 6.07) is 13.8. The van der Waals surface area contributed by atoms with Gasteiger partial charge in [-0.15, -0.1) is 0 Å². The molecular weight excluding hydrogens is 436 g/mol. The predicted octanol–water partition coefficient (Wildman–Crippen LogP) is 4.23. The van der Waals surface area contributed by atoms with Crippen molar-refractivity contribution in [3.8, 4) is 5.75 Å². The second kappa shape index (κ2) is 8.24. The van der Waals surface area contributed by atoms with Gasteiger partial charge in [0.2, 0.25) is 0 Å². The largest absolute Gasteiger partial charge is 0.507 e. The van der Waals surface area contributed by atoms with Crippen LogP contribution in [0.2, 0.25) is 0 Å². The summed E-state index contributed by atoms with van der Waals surface area (Å²) in [5, 5.41) is 9.99. The van der Waals surface area contributed by atoms with Crippen molar-refractivity contribution in [2.24, 2.45) is 0 Å². The molecule has 164 valence electrons. The maximum absolute atomic E-state index is 12.9. The third-order valence-corrected chi connectivity index (χ3v) is 7.55. The van der Waals surface area contributed by atoms with Crippen LogP contribution in [0, 0.1) is 27.7 Å². The second-order valence-corrected chi connectivity index (χ2v) is 10.8. The first-order valence-corrected chi connectivity index (χ1v) is 12.4. The number of nitrogens with one attached hydrogen (secondary N) is 2. The van der Waals surface area contributed by atoms with Crippen molar-refractivity contribution >= 4 is 31.4 Å². The first kappa shape index (κ1) is 22.6. The van der Waals surface area contributed by atoms with Crippen molar-refractivity contribution in [2.45, 2.75) is 37.5 Å². The summed E-state index contributed by atoms with van der Waals surface area (Å²) in [7, 11) is -8.09. The lowest BCUT2D eigenvalue weighted by atomic mass is 10.1. The Morgan fingerprint density at radius 1 is 0.645 bits per heavy atom. The van der Waals surface area contributed by atoms with E-state index in [0.717, 1.165) is 11.1 Å². The van der Waals surface area contributed by atoms with Gasteiger partial charge in [0.15, 0.2) is 0 Å². The van der Waals surface area contributed by atoms with Crippen LogP contribution in [0.3, 0.4) is 0 Å². The third kappa shape index (κ3) is 5.00. The first-order valence-electron chi connectivity index (χ1n) is 9.42. The summed E-state index contributed by atoms with van der Waals surface area (Å²) in [5.41, 5.74) is 3.51. The van der Waals surface area contributed by atoms with Crippen LogP contribution in [-0.4, -0.2) is 21.9 Å². The number of phenols is 1. The first-order chi connectivity index (χ1) is 14.4. The van der Waals surface area contributed by atoms with Crippen molar-refractivity contribution in [1.29, 1.82) is 0 Å². The number of sulfonamides is 2. The molecule has 0 radical (unpaired) electrons. The smallest absolute Gasteiger partial charge is 0.265 e. The Bertz CT molecular complexity index is 1360. The van der Waals surface area contributed by atoms with Gasteiger partial charge in [-0.2, -0.15) is 0 Å². The van der Waals surface area contributed by atoms with Gasteiger partial charge in [0.05, 0.1) is 16.3 Å². The maximum atomic E-state index is 12.9. The fourth-order valence-electron chi connectivity index (χ4n) is 3.05. The van der Waals surface area contributed by atoms with Crippen LogP contribution in [0.5, 0.6) is 5.75 Å². The van der Waals surface area contributed by atoms with Crippen LogP contribution in [0.15, 0.2) is 64.4 Å². The van der Waals surface area contributed by atoms with E-state index in [1.54, 1.807) is 39.0 Å². The molecule has 3 aromatic rings. The monoisotopic (exact) mass is 460 g/mol. The van der Waals surface area contributed by atoms with Crippen LogP contribution in [0.25, 0.3) is 0 Å². The number of phenolic OH excluding ortho intramolecular Hbond substituents is 1. The summed E-state index contributed by atoms with van der Waals surface area (Å²) < 4.78 is 56.4. The molecule has 0 aliphatic carbocycles. The highest BCUT2D eigenvalue weighted by molar-refractivity contribution is 7.93. The van der Waals surface area contributed by atoms with Crippen molar-refractivity contribution < 1.29 is 21.9 Å². The second-order valence-electron chi connectivity index (χ2n) is 7.48. The average molecular weight is 461 g/mol. The SMILES string of the molecule is Cc1ccc(NS(=O)(=O)c2ccc(C)c(NS(=O)(=O)c3cc(C)ccc3O)c2)c(C)c1. The predicted molar refractivity (Wildman–Crippen MR) is 122 cm³/mol. The molecule has 0 unspecified atom stereocenters. The van der Waals surface area contributed by atoms with Crippen molar-refractivity contribution in [2.75, 3.05) is 9.44 Å². The van der Waals surface area contributed by atoms with Crippen molar-refractivity contribution in [3.63, 3.8) is 0 Å². The normalized spacial score (nSPS) is 11.9. The highest BCUT2D eigenvalue weighted by Gasteiger charge is 2.22. The van der Waals surface area contributed by atoms with Gasteiger partial charge in [0.25, 0.3) is 20.0 Å². The van der Waals surface area contributed by atoms with Crippen LogP contribution < -0.4 is 9.44 Å². The Balaban J connectivity index is 1.97. The van der Waals surface area contributed by atoms with Crippen LogP contribution >= 0.6 is 0 Å². The molecule has 0 atom stereocenters. The molecule has 7 nitrogen and oxygen atoms in total. The number of benzene rings is 3. The molecule has 0 aliphatic heterocycles. The molecule has 9 heteroatoms. The average Bonchev–Trinajstić information content (AvgIpc) is 2.67. The van der Waals surface area contributed by atoms with Crippen LogP contribution in [0.4, 0.5) is 11.4 Å². The Labute approximate surface area is 182 Å². The minimum atomic E-state index is -4.14. The van der Waals surface area contributed by atoms with E-state index in [2.05, 4.69) is 9.44 Å². The zero-order chi connectivity index (χ0) is 23.0. The fourth-order valence-corrected chi connectivity index (χ4v) is 5.51. The molecule has 0 saturated carbocycles. The van der Waals surface area contributed by atoms with Crippen molar-refractivity contribution in [3.05, 3.63) is 76.9 Å². The molecule has 0 aromatic heterocycles. The number of aromatic hydroxyl groups is 1. The van der Waals surface area contributed by atoms with E-state index in [9.17, 15) is 21.9 Å². The summed E-state index contributed by atoms with van der Waals surface area (Å²) in [6.45, 7) is 7.07. The maximum Gasteiger partial charge on any atom is 0.265 e. The van der Waals surface area contributed by atoms with E-state index < -0.39 is 25.8 Å². The standard InChI is InChI=1S/C22H24N2O5S2/c1-14-5-9-19(17(4)11-14)23-30(26,27)18-8-7-16(3)20(13-18)24-31(28,29)22-12-15(2)6-10-21(22)25/h5-13,23-25H,1-4H3. The lowest BCUT2D eigenvalue weighted by molar-refractivity contribution is 0.459. The van der Waals surface area contributed by atoms with E-state index in [1.807, 2.05) is 13.0 Å².